The minimum atomic E-state index is -0.102. The van der Waals surface area contributed by atoms with Crippen molar-refractivity contribution < 1.29 is 14.7 Å². The average Bonchev–Trinajstić information content (AvgIpc) is 2.60. The number of aliphatic hydroxyl groups is 1. The fourth-order valence-corrected chi connectivity index (χ4v) is 3.96. The summed E-state index contributed by atoms with van der Waals surface area (Å²) in [5, 5.41) is 9.00. The van der Waals surface area contributed by atoms with E-state index in [0.717, 1.165) is 31.4 Å². The minimum absolute atomic E-state index is 0.00427. The molecule has 2 aliphatic heterocycles. The monoisotopic (exact) mass is 331 g/mol. The minimum Gasteiger partial charge on any atom is -0.396 e. The molecule has 0 aromatic carbocycles. The summed E-state index contributed by atoms with van der Waals surface area (Å²) >= 11 is 0. The highest BCUT2D eigenvalue weighted by atomic mass is 16.3. The zero-order valence-electron chi connectivity index (χ0n) is 14.0. The van der Waals surface area contributed by atoms with Crippen molar-refractivity contribution in [2.45, 2.75) is 38.6 Å². The van der Waals surface area contributed by atoms with Crippen LogP contribution in [0.15, 0.2) is 24.5 Å². The number of aromatic nitrogens is 1. The third-order valence-corrected chi connectivity index (χ3v) is 5.21. The SMILES string of the molecule is O=C(CCO)N1CCC[C@@]2(CCC(=O)N(Cc3ccncc3)C2)C1. The number of aliphatic hydroxyl groups excluding tert-OH is 1. The molecule has 1 aromatic rings. The second-order valence-electron chi connectivity index (χ2n) is 7.00. The molecule has 2 fully saturated rings. The summed E-state index contributed by atoms with van der Waals surface area (Å²) in [5.41, 5.74) is 1.09. The molecule has 1 atom stereocenters. The van der Waals surface area contributed by atoms with Gasteiger partial charge in [-0.05, 0) is 37.0 Å². The van der Waals surface area contributed by atoms with Crippen LogP contribution in [0.1, 0.15) is 37.7 Å². The summed E-state index contributed by atoms with van der Waals surface area (Å²) in [4.78, 5) is 32.3. The van der Waals surface area contributed by atoms with Gasteiger partial charge >= 0.3 is 0 Å². The van der Waals surface area contributed by atoms with E-state index in [-0.39, 0.29) is 30.3 Å². The van der Waals surface area contributed by atoms with Gasteiger partial charge in [-0.15, -0.1) is 0 Å². The number of carbonyl (C=O) groups is 2. The average molecular weight is 331 g/mol. The highest BCUT2D eigenvalue weighted by molar-refractivity contribution is 5.78. The zero-order valence-corrected chi connectivity index (χ0v) is 14.0. The molecule has 0 aliphatic carbocycles. The van der Waals surface area contributed by atoms with E-state index in [9.17, 15) is 9.59 Å². The van der Waals surface area contributed by atoms with Crippen molar-refractivity contribution in [2.75, 3.05) is 26.2 Å². The Morgan fingerprint density at radius 3 is 2.79 bits per heavy atom. The van der Waals surface area contributed by atoms with E-state index in [1.54, 1.807) is 12.4 Å². The van der Waals surface area contributed by atoms with Gasteiger partial charge in [0.2, 0.25) is 11.8 Å². The van der Waals surface area contributed by atoms with Crippen LogP contribution in [0.4, 0.5) is 0 Å². The van der Waals surface area contributed by atoms with Crippen LogP contribution in [0.25, 0.3) is 0 Å². The predicted molar refractivity (Wildman–Crippen MR) is 88.8 cm³/mol. The maximum Gasteiger partial charge on any atom is 0.224 e. The molecule has 2 saturated heterocycles. The first kappa shape index (κ1) is 16.9. The third kappa shape index (κ3) is 3.75. The summed E-state index contributed by atoms with van der Waals surface area (Å²) < 4.78 is 0. The molecule has 130 valence electrons. The summed E-state index contributed by atoms with van der Waals surface area (Å²) in [6, 6.07) is 3.87. The topological polar surface area (TPSA) is 73.7 Å². The second-order valence-corrected chi connectivity index (χ2v) is 7.00. The van der Waals surface area contributed by atoms with Gasteiger partial charge in [-0.1, -0.05) is 0 Å². The van der Waals surface area contributed by atoms with E-state index < -0.39 is 0 Å². The van der Waals surface area contributed by atoms with E-state index in [1.807, 2.05) is 21.9 Å². The summed E-state index contributed by atoms with van der Waals surface area (Å²) in [6.45, 7) is 2.67. The number of rotatable bonds is 4. The fourth-order valence-electron chi connectivity index (χ4n) is 3.96. The molecule has 6 nitrogen and oxygen atoms in total. The molecule has 2 amide bonds. The normalized spacial score (nSPS) is 24.5. The molecule has 2 aliphatic rings. The maximum absolute atomic E-state index is 12.3. The largest absolute Gasteiger partial charge is 0.396 e. The number of pyridine rings is 1. The molecule has 0 bridgehead atoms. The van der Waals surface area contributed by atoms with Crippen LogP contribution in [0, 0.1) is 5.41 Å². The first-order valence-electron chi connectivity index (χ1n) is 8.67. The van der Waals surface area contributed by atoms with Gasteiger partial charge in [0.25, 0.3) is 0 Å². The van der Waals surface area contributed by atoms with Crippen LogP contribution < -0.4 is 0 Å². The Kier molecular flexibility index (Phi) is 5.14. The highest BCUT2D eigenvalue weighted by Gasteiger charge is 2.42. The van der Waals surface area contributed by atoms with Crippen LogP contribution >= 0.6 is 0 Å². The molecule has 0 saturated carbocycles. The van der Waals surface area contributed by atoms with Crippen molar-refractivity contribution in [1.82, 2.24) is 14.8 Å². The van der Waals surface area contributed by atoms with Crippen LogP contribution in [-0.2, 0) is 16.1 Å². The molecule has 6 heteroatoms. The Morgan fingerprint density at radius 1 is 1.25 bits per heavy atom. The van der Waals surface area contributed by atoms with Crippen LogP contribution in [0.5, 0.6) is 0 Å². The van der Waals surface area contributed by atoms with Gasteiger partial charge in [0.15, 0.2) is 0 Å². The molecular formula is C18H25N3O3. The van der Waals surface area contributed by atoms with Gasteiger partial charge in [-0.25, -0.2) is 0 Å². The lowest BCUT2D eigenvalue weighted by molar-refractivity contribution is -0.143. The second kappa shape index (κ2) is 7.30. The molecule has 0 unspecified atom stereocenters. The number of carbonyl (C=O) groups excluding carboxylic acids is 2. The Morgan fingerprint density at radius 2 is 2.04 bits per heavy atom. The summed E-state index contributed by atoms with van der Waals surface area (Å²) in [7, 11) is 0. The number of hydrogen-bond acceptors (Lipinski definition) is 4. The van der Waals surface area contributed by atoms with Gasteiger partial charge in [0.1, 0.15) is 0 Å². The Hall–Kier alpha value is -1.95. The molecule has 24 heavy (non-hydrogen) atoms. The van der Waals surface area contributed by atoms with E-state index in [4.69, 9.17) is 5.11 Å². The Bertz CT molecular complexity index is 592. The maximum atomic E-state index is 12.3. The number of nitrogens with zero attached hydrogens (tertiary/aromatic N) is 3. The number of piperidine rings is 2. The lowest BCUT2D eigenvalue weighted by Gasteiger charge is -2.48. The smallest absolute Gasteiger partial charge is 0.224 e. The Balaban J connectivity index is 1.69. The first-order valence-corrected chi connectivity index (χ1v) is 8.67. The lowest BCUT2D eigenvalue weighted by atomic mass is 9.73. The van der Waals surface area contributed by atoms with Crippen molar-refractivity contribution in [3.8, 4) is 0 Å². The van der Waals surface area contributed by atoms with Gasteiger partial charge in [-0.3, -0.25) is 14.6 Å². The van der Waals surface area contributed by atoms with Gasteiger partial charge in [0.05, 0.1) is 6.61 Å². The fraction of sp³-hybridized carbons (Fsp3) is 0.611. The van der Waals surface area contributed by atoms with E-state index >= 15 is 0 Å². The molecule has 1 aromatic heterocycles. The molecular weight excluding hydrogens is 306 g/mol. The number of likely N-dealkylation sites (tertiary alicyclic amines) is 2. The van der Waals surface area contributed by atoms with Gasteiger partial charge < -0.3 is 14.9 Å². The Labute approximate surface area is 142 Å². The predicted octanol–water partition coefficient (Wildman–Crippen LogP) is 1.20. The molecule has 3 heterocycles. The molecule has 1 spiro atoms. The van der Waals surface area contributed by atoms with Crippen LogP contribution in [0.2, 0.25) is 0 Å². The lowest BCUT2D eigenvalue weighted by Crippen LogP contribution is -2.54. The van der Waals surface area contributed by atoms with E-state index in [2.05, 4.69) is 4.98 Å². The number of amides is 2. The van der Waals surface area contributed by atoms with E-state index in [1.165, 1.54) is 0 Å². The van der Waals surface area contributed by atoms with Crippen LogP contribution in [-0.4, -0.2) is 57.9 Å². The van der Waals surface area contributed by atoms with Gasteiger partial charge in [0, 0.05) is 56.8 Å². The highest BCUT2D eigenvalue weighted by Crippen LogP contribution is 2.39. The van der Waals surface area contributed by atoms with Crippen molar-refractivity contribution in [3.05, 3.63) is 30.1 Å². The van der Waals surface area contributed by atoms with Gasteiger partial charge in [-0.2, -0.15) is 0 Å². The van der Waals surface area contributed by atoms with Crippen molar-refractivity contribution >= 4 is 11.8 Å². The van der Waals surface area contributed by atoms with Crippen molar-refractivity contribution in [3.63, 3.8) is 0 Å². The standard InChI is InChI=1S/C18H25N3O3/c22-11-5-17(24)20-10-1-6-18(13-20)7-2-16(23)21(14-18)12-15-3-8-19-9-4-15/h3-4,8-9,22H,1-2,5-7,10-14H2/t18-/m1/s1. The zero-order chi connectivity index (χ0) is 17.0. The molecule has 1 N–H and O–H groups in total. The first-order chi connectivity index (χ1) is 11.6. The molecule has 3 rings (SSSR count). The van der Waals surface area contributed by atoms with Crippen molar-refractivity contribution in [1.29, 1.82) is 0 Å². The van der Waals surface area contributed by atoms with Crippen molar-refractivity contribution in [2.24, 2.45) is 5.41 Å². The molecule has 0 radical (unpaired) electrons. The third-order valence-electron chi connectivity index (χ3n) is 5.21. The quantitative estimate of drug-likeness (QED) is 0.899. The summed E-state index contributed by atoms with van der Waals surface area (Å²) in [6.07, 6.45) is 7.10. The number of hydrogen-bond donors (Lipinski definition) is 1. The van der Waals surface area contributed by atoms with Crippen LogP contribution in [0.3, 0.4) is 0 Å². The summed E-state index contributed by atoms with van der Waals surface area (Å²) in [5.74, 6) is 0.213. The van der Waals surface area contributed by atoms with E-state index in [0.29, 0.717) is 26.1 Å².